The molecule has 0 amide bonds. The van der Waals surface area contributed by atoms with Crippen molar-refractivity contribution in [3.05, 3.63) is 0 Å². The summed E-state index contributed by atoms with van der Waals surface area (Å²) < 4.78 is 65.4. The van der Waals surface area contributed by atoms with Crippen molar-refractivity contribution in [1.82, 2.24) is 0 Å². The first-order chi connectivity index (χ1) is 9.38. The molecule has 0 spiro atoms. The van der Waals surface area contributed by atoms with Crippen LogP contribution in [0.5, 0.6) is 0 Å². The molecular formula is H6O15P6Rh2. The van der Waals surface area contributed by atoms with E-state index in [9.17, 15) is 56.8 Å². The normalized spacial score (nSPS) is 17.0. The third-order valence-corrected chi connectivity index (χ3v) is 4.50. The van der Waals surface area contributed by atoms with Gasteiger partial charge in [-0.3, -0.25) is 12.9 Å². The van der Waals surface area contributed by atoms with E-state index in [2.05, 4.69) is 12.9 Å². The predicted octanol–water partition coefficient (Wildman–Crippen LogP) is -4.50. The summed E-state index contributed by atoms with van der Waals surface area (Å²) in [6, 6.07) is 0. The molecule has 0 aliphatic carbocycles. The zero-order chi connectivity index (χ0) is 17.6. The molecule has 6 unspecified atom stereocenters. The Hall–Kier alpha value is 2.27. The maximum atomic E-state index is 9.29. The van der Waals surface area contributed by atoms with Gasteiger partial charge in [0.1, 0.15) is 49.5 Å². The van der Waals surface area contributed by atoms with E-state index in [0.717, 1.165) is 0 Å². The SMILES string of the molecule is O=[PH]([O-])O[PH](=O)[O-].O=[PH]([O-])O[PH](=O)[O-].O=[PH]([O-])O[PH](=O)[O-].[Rh+3].[Rh+3]. The van der Waals surface area contributed by atoms with Gasteiger partial charge in [0.2, 0.25) is 0 Å². The van der Waals surface area contributed by atoms with Crippen LogP contribution in [0.2, 0.25) is 0 Å². The molecule has 0 rings (SSSR count). The van der Waals surface area contributed by atoms with Crippen LogP contribution < -0.4 is 29.4 Å². The molecule has 0 aromatic heterocycles. The average Bonchev–Trinajstić information content (AvgIpc) is 2.10. The van der Waals surface area contributed by atoms with Crippen LogP contribution in [-0.2, 0) is 79.3 Å². The zero-order valence-corrected chi connectivity index (χ0v) is 19.1. The first kappa shape index (κ1) is 36.2. The van der Waals surface area contributed by atoms with Crippen LogP contribution in [0, 0.1) is 0 Å². The molecule has 0 aliphatic rings. The Bertz CT molecular complexity index is 318. The van der Waals surface area contributed by atoms with E-state index in [1.165, 1.54) is 0 Å². The summed E-state index contributed by atoms with van der Waals surface area (Å²) in [5.74, 6) is 0. The number of hydrogen-bond acceptors (Lipinski definition) is 15. The van der Waals surface area contributed by atoms with E-state index < -0.39 is 49.5 Å². The van der Waals surface area contributed by atoms with E-state index in [4.69, 9.17) is 0 Å². The molecule has 0 N–H and O–H groups in total. The summed E-state index contributed by atoms with van der Waals surface area (Å²) in [5, 5.41) is 0. The van der Waals surface area contributed by atoms with E-state index >= 15 is 0 Å². The van der Waals surface area contributed by atoms with Gasteiger partial charge in [0, 0.05) is 0 Å². The third-order valence-electron chi connectivity index (χ3n) is 0.500. The molecule has 0 aromatic carbocycles. The molecule has 0 saturated heterocycles. The molecule has 0 aliphatic heterocycles. The van der Waals surface area contributed by atoms with Crippen LogP contribution in [-0.4, -0.2) is 0 Å². The van der Waals surface area contributed by atoms with Gasteiger partial charge in [-0.15, -0.1) is 0 Å². The Morgan fingerprint density at radius 2 is 0.478 bits per heavy atom. The maximum Gasteiger partial charge on any atom is 3.00 e. The number of rotatable bonds is 6. The molecule has 0 saturated carbocycles. The summed E-state index contributed by atoms with van der Waals surface area (Å²) in [6.07, 6.45) is 0. The van der Waals surface area contributed by atoms with Crippen molar-refractivity contribution in [1.29, 1.82) is 0 Å². The van der Waals surface area contributed by atoms with Crippen LogP contribution in [0.3, 0.4) is 0 Å². The second kappa shape index (κ2) is 24.3. The van der Waals surface area contributed by atoms with E-state index in [0.29, 0.717) is 0 Å². The molecule has 23 heavy (non-hydrogen) atoms. The summed E-state index contributed by atoms with van der Waals surface area (Å²) in [6.45, 7) is 0. The Morgan fingerprint density at radius 3 is 0.478 bits per heavy atom. The van der Waals surface area contributed by atoms with E-state index in [1.54, 1.807) is 0 Å². The second-order valence-corrected chi connectivity index (χ2v) is 7.26. The Morgan fingerprint density at radius 1 is 0.391 bits per heavy atom. The fourth-order valence-electron chi connectivity index (χ4n) is 0.204. The first-order valence-electron chi connectivity index (χ1n) is 3.67. The molecule has 0 heterocycles. The van der Waals surface area contributed by atoms with Gasteiger partial charge in [-0.1, -0.05) is 0 Å². The fourth-order valence-corrected chi connectivity index (χ4v) is 1.84. The fraction of sp³-hybridized carbons (Fsp3) is 0. The standard InChI is InChI=1S/3H4O5P2.2Rh/c3*1-6(2)5-7(3)4;;/h3*6-7H,(H,1,2)(H,3,4);;/q;;;2*+3/p-6. The minimum absolute atomic E-state index is 0. The summed E-state index contributed by atoms with van der Waals surface area (Å²) >= 11 is 0. The van der Waals surface area contributed by atoms with Crippen molar-refractivity contribution in [3.8, 4) is 0 Å². The minimum Gasteiger partial charge on any atom is -0.781 e. The topological polar surface area (TPSA) is 268 Å². The van der Waals surface area contributed by atoms with Gasteiger partial charge in [-0.05, 0) is 0 Å². The van der Waals surface area contributed by atoms with Gasteiger partial charge in [0.05, 0.1) is 0 Å². The van der Waals surface area contributed by atoms with Crippen molar-refractivity contribution in [2.75, 3.05) is 0 Å². The predicted molar refractivity (Wildman–Crippen MR) is 57.3 cm³/mol. The molecule has 0 radical (unpaired) electrons. The molecule has 6 atom stereocenters. The van der Waals surface area contributed by atoms with Crippen molar-refractivity contribution < 1.29 is 109 Å². The molecule has 0 fully saturated rings. The second-order valence-electron chi connectivity index (χ2n) is 1.81. The van der Waals surface area contributed by atoms with Gasteiger partial charge in [-0.25, -0.2) is 0 Å². The quantitative estimate of drug-likeness (QED) is 0.196. The van der Waals surface area contributed by atoms with Crippen LogP contribution >= 0.6 is 49.5 Å². The van der Waals surface area contributed by atoms with E-state index in [1.807, 2.05) is 0 Å². The smallest absolute Gasteiger partial charge is 0.781 e. The maximum absolute atomic E-state index is 9.29. The summed E-state index contributed by atoms with van der Waals surface area (Å²) in [5.41, 5.74) is 0. The van der Waals surface area contributed by atoms with Gasteiger partial charge in [0.15, 0.2) is 0 Å². The van der Waals surface area contributed by atoms with Crippen molar-refractivity contribution in [3.63, 3.8) is 0 Å². The minimum atomic E-state index is -3.51. The van der Waals surface area contributed by atoms with Crippen LogP contribution in [0.4, 0.5) is 0 Å². The van der Waals surface area contributed by atoms with Crippen LogP contribution in [0.15, 0.2) is 0 Å². The Balaban J connectivity index is -0.0000000675. The monoisotopic (exact) mass is 638 g/mol. The molecule has 23 heteroatoms. The molecule has 144 valence electrons. The Labute approximate surface area is 158 Å². The van der Waals surface area contributed by atoms with Gasteiger partial charge in [-0.2, -0.15) is 0 Å². The zero-order valence-electron chi connectivity index (χ0n) is 9.79. The largest absolute Gasteiger partial charge is 3.00 e. The molecule has 0 aromatic rings. The first-order valence-corrected chi connectivity index (χ1v) is 11.0. The van der Waals surface area contributed by atoms with Gasteiger partial charge in [0.25, 0.3) is 0 Å². The van der Waals surface area contributed by atoms with Crippen LogP contribution in [0.25, 0.3) is 0 Å². The summed E-state index contributed by atoms with van der Waals surface area (Å²) in [7, 11) is -21.1. The van der Waals surface area contributed by atoms with Crippen molar-refractivity contribution in [2.45, 2.75) is 0 Å². The van der Waals surface area contributed by atoms with E-state index in [-0.39, 0.29) is 39.0 Å². The number of hydrogen-bond donors (Lipinski definition) is 0. The summed E-state index contributed by atoms with van der Waals surface area (Å²) in [4.78, 5) is 55.7. The average molecular weight is 638 g/mol. The van der Waals surface area contributed by atoms with Gasteiger partial charge >= 0.3 is 39.0 Å². The van der Waals surface area contributed by atoms with Crippen molar-refractivity contribution >= 4 is 49.5 Å². The van der Waals surface area contributed by atoms with Crippen molar-refractivity contribution in [2.24, 2.45) is 0 Å². The van der Waals surface area contributed by atoms with Gasteiger partial charge < -0.3 is 56.8 Å². The third kappa shape index (κ3) is 59.1. The molecule has 0 bridgehead atoms. The Kier molecular flexibility index (Phi) is 38.2. The van der Waals surface area contributed by atoms with Crippen LogP contribution in [0.1, 0.15) is 0 Å². The molecular weight excluding hydrogens is 632 g/mol. The molecule has 15 nitrogen and oxygen atoms in total.